The summed E-state index contributed by atoms with van der Waals surface area (Å²) in [7, 11) is 0. The van der Waals surface area contributed by atoms with Crippen molar-refractivity contribution in [1.82, 2.24) is 4.90 Å². The largest absolute Gasteiger partial charge is 0.494 e. The van der Waals surface area contributed by atoms with Gasteiger partial charge in [0.15, 0.2) is 0 Å². The molecule has 6 heteroatoms. The quantitative estimate of drug-likeness (QED) is 0.619. The Balaban J connectivity index is 1.57. The normalized spacial score (nSPS) is 14.4. The number of nitrogens with one attached hydrogen (secondary N) is 1. The molecule has 28 heavy (non-hydrogen) atoms. The second kappa shape index (κ2) is 9.47. The second-order valence-electron chi connectivity index (χ2n) is 6.42. The summed E-state index contributed by atoms with van der Waals surface area (Å²) in [6.45, 7) is 5.72. The third kappa shape index (κ3) is 5.04. The zero-order valence-corrected chi connectivity index (χ0v) is 16.0. The maximum atomic E-state index is 12.4. The van der Waals surface area contributed by atoms with E-state index < -0.39 is 5.91 Å². The van der Waals surface area contributed by atoms with Gasteiger partial charge in [-0.15, -0.1) is 0 Å². The summed E-state index contributed by atoms with van der Waals surface area (Å²) in [5.74, 6) is 0.338. The van der Waals surface area contributed by atoms with Gasteiger partial charge in [0.25, 0.3) is 5.91 Å². The summed E-state index contributed by atoms with van der Waals surface area (Å²) in [6, 6.07) is 19.4. The fraction of sp³-hybridized carbons (Fsp3) is 0.273. The van der Waals surface area contributed by atoms with Gasteiger partial charge in [-0.05, 0) is 43.3 Å². The lowest BCUT2D eigenvalue weighted by Gasteiger charge is -2.35. The number of ether oxygens (including phenoxy) is 1. The zero-order chi connectivity index (χ0) is 19.8. The number of hydrogen-bond donors (Lipinski definition) is 1. The van der Waals surface area contributed by atoms with E-state index >= 15 is 0 Å². The van der Waals surface area contributed by atoms with E-state index in [1.807, 2.05) is 36.1 Å². The minimum absolute atomic E-state index is 0.0991. The van der Waals surface area contributed by atoms with Crippen molar-refractivity contribution in [3.05, 3.63) is 66.4 Å². The molecule has 1 aliphatic heterocycles. The molecule has 2 aromatic carbocycles. The molecule has 0 aromatic heterocycles. The Bertz CT molecular complexity index is 848. The van der Waals surface area contributed by atoms with Crippen LogP contribution in [-0.2, 0) is 4.79 Å². The topological polar surface area (TPSA) is 68.6 Å². The molecular weight excluding hydrogens is 352 g/mol. The number of anilines is 2. The number of piperazine rings is 1. The smallest absolute Gasteiger partial charge is 0.267 e. The van der Waals surface area contributed by atoms with Gasteiger partial charge in [-0.25, -0.2) is 0 Å². The first-order chi connectivity index (χ1) is 13.7. The predicted octanol–water partition coefficient (Wildman–Crippen LogP) is 3.25. The van der Waals surface area contributed by atoms with Crippen molar-refractivity contribution in [2.75, 3.05) is 43.0 Å². The molecule has 6 nitrogen and oxygen atoms in total. The molecule has 144 valence electrons. The maximum Gasteiger partial charge on any atom is 0.267 e. The molecular formula is C22H24N4O2. The van der Waals surface area contributed by atoms with E-state index in [0.717, 1.165) is 31.9 Å². The highest BCUT2D eigenvalue weighted by Crippen LogP contribution is 2.18. The minimum Gasteiger partial charge on any atom is -0.494 e. The minimum atomic E-state index is -0.405. The molecule has 1 amide bonds. The van der Waals surface area contributed by atoms with Crippen molar-refractivity contribution >= 4 is 17.3 Å². The van der Waals surface area contributed by atoms with E-state index in [1.54, 1.807) is 30.5 Å². The summed E-state index contributed by atoms with van der Waals surface area (Å²) in [5.41, 5.74) is 1.92. The highest BCUT2D eigenvalue weighted by Gasteiger charge is 2.17. The number of amides is 1. The van der Waals surface area contributed by atoms with E-state index in [4.69, 9.17) is 4.74 Å². The van der Waals surface area contributed by atoms with Gasteiger partial charge >= 0.3 is 0 Å². The Morgan fingerprint density at radius 1 is 1.11 bits per heavy atom. The van der Waals surface area contributed by atoms with Gasteiger partial charge in [-0.1, -0.05) is 18.2 Å². The van der Waals surface area contributed by atoms with Crippen LogP contribution in [0.25, 0.3) is 0 Å². The number of carbonyl (C=O) groups is 1. The van der Waals surface area contributed by atoms with E-state index in [1.165, 1.54) is 5.69 Å². The Morgan fingerprint density at radius 2 is 1.79 bits per heavy atom. The number of nitrogens with zero attached hydrogens (tertiary/aromatic N) is 3. The van der Waals surface area contributed by atoms with Crippen LogP contribution in [-0.4, -0.2) is 43.6 Å². The van der Waals surface area contributed by atoms with Gasteiger partial charge in [-0.2, -0.15) is 5.26 Å². The van der Waals surface area contributed by atoms with Gasteiger partial charge in [0, 0.05) is 43.8 Å². The van der Waals surface area contributed by atoms with Crippen molar-refractivity contribution in [2.24, 2.45) is 0 Å². The summed E-state index contributed by atoms with van der Waals surface area (Å²) >= 11 is 0. The lowest BCUT2D eigenvalue weighted by atomic mass is 10.2. The fourth-order valence-electron chi connectivity index (χ4n) is 3.07. The molecule has 1 aliphatic rings. The van der Waals surface area contributed by atoms with Crippen molar-refractivity contribution < 1.29 is 9.53 Å². The maximum absolute atomic E-state index is 12.4. The van der Waals surface area contributed by atoms with Crippen molar-refractivity contribution in [3.8, 4) is 11.8 Å². The van der Waals surface area contributed by atoms with Crippen molar-refractivity contribution in [1.29, 1.82) is 5.26 Å². The lowest BCUT2D eigenvalue weighted by molar-refractivity contribution is -0.112. The number of hydrogen-bond acceptors (Lipinski definition) is 5. The monoisotopic (exact) mass is 376 g/mol. The van der Waals surface area contributed by atoms with Crippen molar-refractivity contribution in [2.45, 2.75) is 6.92 Å². The van der Waals surface area contributed by atoms with E-state index in [9.17, 15) is 10.1 Å². The third-order valence-corrected chi connectivity index (χ3v) is 4.54. The van der Waals surface area contributed by atoms with Crippen LogP contribution in [0.4, 0.5) is 11.4 Å². The van der Waals surface area contributed by atoms with Crippen LogP contribution in [0.3, 0.4) is 0 Å². The predicted molar refractivity (Wildman–Crippen MR) is 110 cm³/mol. The Kier molecular flexibility index (Phi) is 6.53. The summed E-state index contributed by atoms with van der Waals surface area (Å²) in [4.78, 5) is 16.8. The first kappa shape index (κ1) is 19.3. The number of rotatable bonds is 6. The Morgan fingerprint density at radius 3 is 2.39 bits per heavy atom. The van der Waals surface area contributed by atoms with Crippen LogP contribution in [0.5, 0.6) is 5.75 Å². The molecule has 0 bridgehead atoms. The highest BCUT2D eigenvalue weighted by atomic mass is 16.5. The molecule has 1 N–H and O–H groups in total. The molecule has 1 fully saturated rings. The number of carbonyl (C=O) groups excluding carboxylic acids is 1. The van der Waals surface area contributed by atoms with Gasteiger partial charge in [0.1, 0.15) is 17.4 Å². The Labute approximate surface area is 165 Å². The molecule has 2 aromatic rings. The summed E-state index contributed by atoms with van der Waals surface area (Å²) < 4.78 is 5.39. The van der Waals surface area contributed by atoms with Crippen LogP contribution >= 0.6 is 0 Å². The first-order valence-corrected chi connectivity index (χ1v) is 9.40. The van der Waals surface area contributed by atoms with Crippen LogP contribution in [0.1, 0.15) is 6.92 Å². The summed E-state index contributed by atoms with van der Waals surface area (Å²) in [6.07, 6.45) is 1.66. The van der Waals surface area contributed by atoms with Gasteiger partial charge in [0.2, 0.25) is 0 Å². The third-order valence-electron chi connectivity index (χ3n) is 4.54. The van der Waals surface area contributed by atoms with Crippen LogP contribution in [0.2, 0.25) is 0 Å². The second-order valence-corrected chi connectivity index (χ2v) is 6.42. The number of para-hydroxylation sites is 1. The molecule has 0 unspecified atom stereocenters. The average molecular weight is 376 g/mol. The SMILES string of the molecule is CCOc1ccc(NC(=O)/C(C#N)=C\N2CCN(c3ccccc3)CC2)cc1. The van der Waals surface area contributed by atoms with Crippen LogP contribution in [0.15, 0.2) is 66.4 Å². The number of benzene rings is 2. The Hall–Kier alpha value is -3.46. The molecule has 0 atom stereocenters. The van der Waals surface area contributed by atoms with Gasteiger partial charge in [-0.3, -0.25) is 4.79 Å². The van der Waals surface area contributed by atoms with Crippen LogP contribution < -0.4 is 15.0 Å². The molecule has 1 heterocycles. The zero-order valence-electron chi connectivity index (χ0n) is 16.0. The fourth-order valence-corrected chi connectivity index (χ4v) is 3.07. The molecule has 0 saturated carbocycles. The summed E-state index contributed by atoms with van der Waals surface area (Å²) in [5, 5.41) is 12.2. The molecule has 1 saturated heterocycles. The van der Waals surface area contributed by atoms with E-state index in [-0.39, 0.29) is 5.57 Å². The molecule has 3 rings (SSSR count). The highest BCUT2D eigenvalue weighted by molar-refractivity contribution is 6.06. The average Bonchev–Trinajstić information content (AvgIpc) is 2.74. The van der Waals surface area contributed by atoms with Crippen LogP contribution in [0, 0.1) is 11.3 Å². The molecule has 0 aliphatic carbocycles. The standard InChI is InChI=1S/C22H24N4O2/c1-2-28-21-10-8-19(9-11-21)24-22(27)18(16-23)17-25-12-14-26(15-13-25)20-6-4-3-5-7-20/h3-11,17H,2,12-15H2,1H3,(H,24,27)/b18-17-. The molecule has 0 spiro atoms. The van der Waals surface area contributed by atoms with E-state index in [0.29, 0.717) is 12.3 Å². The van der Waals surface area contributed by atoms with Crippen molar-refractivity contribution in [3.63, 3.8) is 0 Å². The lowest BCUT2D eigenvalue weighted by Crippen LogP contribution is -2.44. The van der Waals surface area contributed by atoms with Gasteiger partial charge < -0.3 is 19.9 Å². The first-order valence-electron chi connectivity index (χ1n) is 9.40. The van der Waals surface area contributed by atoms with E-state index in [2.05, 4.69) is 22.3 Å². The molecule has 0 radical (unpaired) electrons. The van der Waals surface area contributed by atoms with Gasteiger partial charge in [0.05, 0.1) is 6.61 Å². The number of nitriles is 1.